The highest BCUT2D eigenvalue weighted by atomic mass is 16.5. The highest BCUT2D eigenvalue weighted by molar-refractivity contribution is 5.79. The molecule has 34 heavy (non-hydrogen) atoms. The molecule has 0 heterocycles. The van der Waals surface area contributed by atoms with Crippen LogP contribution in [0.1, 0.15) is 69.9 Å². The molecule has 2 atom stereocenters. The zero-order chi connectivity index (χ0) is 24.5. The van der Waals surface area contributed by atoms with Crippen LogP contribution in [-0.4, -0.2) is 53.8 Å². The SMILES string of the molecule is CCCC[C@@H](C(=O)O)N(CCCC)[C@@H](C)CNC(=O)OCC1c2ccccc2-c2ccccc21. The van der Waals surface area contributed by atoms with Crippen molar-refractivity contribution in [3.63, 3.8) is 0 Å². The van der Waals surface area contributed by atoms with Crippen LogP contribution in [0.2, 0.25) is 0 Å². The number of hydrogen-bond donors (Lipinski definition) is 2. The molecule has 2 N–H and O–H groups in total. The van der Waals surface area contributed by atoms with E-state index in [4.69, 9.17) is 4.74 Å². The van der Waals surface area contributed by atoms with Crippen molar-refractivity contribution in [1.29, 1.82) is 0 Å². The number of nitrogens with one attached hydrogen (secondary N) is 1. The van der Waals surface area contributed by atoms with Crippen molar-refractivity contribution in [2.24, 2.45) is 0 Å². The van der Waals surface area contributed by atoms with Crippen LogP contribution in [0, 0.1) is 0 Å². The molecule has 2 aromatic carbocycles. The van der Waals surface area contributed by atoms with E-state index in [1.807, 2.05) is 36.1 Å². The second kappa shape index (κ2) is 12.6. The van der Waals surface area contributed by atoms with E-state index < -0.39 is 18.1 Å². The van der Waals surface area contributed by atoms with Gasteiger partial charge in [-0.2, -0.15) is 0 Å². The minimum Gasteiger partial charge on any atom is -0.480 e. The number of carbonyl (C=O) groups is 2. The fraction of sp³-hybridized carbons (Fsp3) is 0.500. The Kier molecular flexibility index (Phi) is 9.52. The molecule has 6 heteroatoms. The number of benzene rings is 2. The molecule has 0 saturated carbocycles. The van der Waals surface area contributed by atoms with E-state index in [0.717, 1.165) is 25.7 Å². The predicted molar refractivity (Wildman–Crippen MR) is 135 cm³/mol. The van der Waals surface area contributed by atoms with Crippen molar-refractivity contribution in [2.75, 3.05) is 19.7 Å². The maximum Gasteiger partial charge on any atom is 0.407 e. The first-order valence-corrected chi connectivity index (χ1v) is 12.5. The van der Waals surface area contributed by atoms with Gasteiger partial charge in [-0.3, -0.25) is 9.69 Å². The molecule has 6 nitrogen and oxygen atoms in total. The molecule has 0 saturated heterocycles. The predicted octanol–water partition coefficient (Wildman–Crippen LogP) is 5.66. The lowest BCUT2D eigenvalue weighted by molar-refractivity contribution is -0.144. The van der Waals surface area contributed by atoms with E-state index in [9.17, 15) is 14.7 Å². The molecular formula is C28H38N2O4. The Balaban J connectivity index is 1.59. The Morgan fingerprint density at radius 3 is 2.15 bits per heavy atom. The van der Waals surface area contributed by atoms with E-state index in [1.165, 1.54) is 22.3 Å². The molecule has 2 aromatic rings. The number of aliphatic carboxylic acids is 1. The smallest absolute Gasteiger partial charge is 0.407 e. The van der Waals surface area contributed by atoms with Gasteiger partial charge in [0.25, 0.3) is 0 Å². The molecule has 0 bridgehead atoms. The summed E-state index contributed by atoms with van der Waals surface area (Å²) in [7, 11) is 0. The molecule has 0 aliphatic heterocycles. The molecule has 3 rings (SSSR count). The Labute approximate surface area is 203 Å². The quantitative estimate of drug-likeness (QED) is 0.398. The molecule has 1 aliphatic carbocycles. The summed E-state index contributed by atoms with van der Waals surface area (Å²) in [6, 6.07) is 15.9. The van der Waals surface area contributed by atoms with Crippen molar-refractivity contribution in [3.8, 4) is 11.1 Å². The van der Waals surface area contributed by atoms with Gasteiger partial charge in [-0.25, -0.2) is 4.79 Å². The summed E-state index contributed by atoms with van der Waals surface area (Å²) >= 11 is 0. The van der Waals surface area contributed by atoms with Gasteiger partial charge in [0.1, 0.15) is 12.6 Å². The first-order chi connectivity index (χ1) is 16.5. The standard InChI is InChI=1S/C28H38N2O4/c1-4-6-16-26(27(31)32)30(17-7-5-2)20(3)18-29-28(33)34-19-25-23-14-10-8-12-21(23)22-13-9-11-15-24(22)25/h8-15,20,25-26H,4-7,16-19H2,1-3H3,(H,29,33)(H,31,32)/t20-,26-/m0/s1. The largest absolute Gasteiger partial charge is 0.480 e. The van der Waals surface area contributed by atoms with Crippen molar-refractivity contribution in [2.45, 2.75) is 70.9 Å². The van der Waals surface area contributed by atoms with E-state index in [0.29, 0.717) is 19.5 Å². The summed E-state index contributed by atoms with van der Waals surface area (Å²) in [6.07, 6.45) is 3.88. The van der Waals surface area contributed by atoms with Crippen molar-refractivity contribution >= 4 is 12.1 Å². The van der Waals surface area contributed by atoms with Crippen molar-refractivity contribution in [3.05, 3.63) is 59.7 Å². The molecule has 0 aromatic heterocycles. The highest BCUT2D eigenvalue weighted by Gasteiger charge is 2.30. The summed E-state index contributed by atoms with van der Waals surface area (Å²) < 4.78 is 5.64. The van der Waals surface area contributed by atoms with Crippen molar-refractivity contribution in [1.82, 2.24) is 10.2 Å². The fourth-order valence-corrected chi connectivity index (χ4v) is 4.85. The number of rotatable bonds is 13. The Bertz CT molecular complexity index is 915. The van der Waals surface area contributed by atoms with Crippen LogP contribution in [0.4, 0.5) is 4.79 Å². The molecular weight excluding hydrogens is 428 g/mol. The number of carbonyl (C=O) groups excluding carboxylic acids is 1. The summed E-state index contributed by atoms with van der Waals surface area (Å²) in [4.78, 5) is 26.5. The molecule has 0 fully saturated rings. The third kappa shape index (κ3) is 6.17. The Hall–Kier alpha value is -2.86. The maximum atomic E-state index is 12.6. The number of carboxylic acids is 1. The number of ether oxygens (including phenoxy) is 1. The normalized spacial score (nSPS) is 14.4. The van der Waals surface area contributed by atoms with Crippen molar-refractivity contribution < 1.29 is 19.4 Å². The monoisotopic (exact) mass is 466 g/mol. The van der Waals surface area contributed by atoms with Gasteiger partial charge in [0.15, 0.2) is 0 Å². The third-order valence-electron chi connectivity index (χ3n) is 6.74. The van der Waals surface area contributed by atoms with E-state index in [1.54, 1.807) is 0 Å². The number of nitrogens with zero attached hydrogens (tertiary/aromatic N) is 1. The second-order valence-corrected chi connectivity index (χ2v) is 9.14. The van der Waals surface area contributed by atoms with Gasteiger partial charge in [0.05, 0.1) is 0 Å². The zero-order valence-electron chi connectivity index (χ0n) is 20.6. The lowest BCUT2D eigenvalue weighted by atomic mass is 9.98. The lowest BCUT2D eigenvalue weighted by Crippen LogP contribution is -2.50. The number of fused-ring (bicyclic) bond motifs is 3. The van der Waals surface area contributed by atoms with E-state index >= 15 is 0 Å². The van der Waals surface area contributed by atoms with Crippen LogP contribution in [0.25, 0.3) is 11.1 Å². The van der Waals surface area contributed by atoms with Gasteiger partial charge in [0, 0.05) is 18.5 Å². The first kappa shape index (κ1) is 25.8. The molecule has 0 unspecified atom stereocenters. The summed E-state index contributed by atoms with van der Waals surface area (Å²) in [5.41, 5.74) is 4.74. The molecule has 1 amide bonds. The summed E-state index contributed by atoms with van der Waals surface area (Å²) in [5.74, 6) is -0.778. The van der Waals surface area contributed by atoms with Gasteiger partial charge >= 0.3 is 12.1 Å². The third-order valence-corrected chi connectivity index (χ3v) is 6.74. The lowest BCUT2D eigenvalue weighted by Gasteiger charge is -2.34. The van der Waals surface area contributed by atoms with Crippen LogP contribution in [0.15, 0.2) is 48.5 Å². The Morgan fingerprint density at radius 2 is 1.59 bits per heavy atom. The fourth-order valence-electron chi connectivity index (χ4n) is 4.85. The molecule has 1 aliphatic rings. The van der Waals surface area contributed by atoms with E-state index in [-0.39, 0.29) is 18.6 Å². The first-order valence-electron chi connectivity index (χ1n) is 12.5. The van der Waals surface area contributed by atoms with Gasteiger partial charge in [0.2, 0.25) is 0 Å². The number of carboxylic acid groups (broad SMARTS) is 1. The average Bonchev–Trinajstić information content (AvgIpc) is 3.16. The van der Waals surface area contributed by atoms with Gasteiger partial charge in [-0.15, -0.1) is 0 Å². The number of hydrogen-bond acceptors (Lipinski definition) is 4. The van der Waals surface area contributed by atoms with E-state index in [2.05, 4.69) is 43.4 Å². The number of alkyl carbamates (subject to hydrolysis) is 1. The van der Waals surface area contributed by atoms with Crippen LogP contribution in [0.5, 0.6) is 0 Å². The topological polar surface area (TPSA) is 78.9 Å². The second-order valence-electron chi connectivity index (χ2n) is 9.14. The zero-order valence-corrected chi connectivity index (χ0v) is 20.6. The molecule has 184 valence electrons. The summed E-state index contributed by atoms with van der Waals surface area (Å²) in [6.45, 7) is 7.45. The molecule has 0 radical (unpaired) electrons. The van der Waals surface area contributed by atoms with Crippen LogP contribution in [-0.2, 0) is 9.53 Å². The Morgan fingerprint density at radius 1 is 1.00 bits per heavy atom. The van der Waals surface area contributed by atoms with Gasteiger partial charge in [-0.05, 0) is 48.6 Å². The van der Waals surface area contributed by atoms with Crippen LogP contribution >= 0.6 is 0 Å². The van der Waals surface area contributed by atoms with Crippen LogP contribution in [0.3, 0.4) is 0 Å². The highest BCUT2D eigenvalue weighted by Crippen LogP contribution is 2.44. The molecule has 0 spiro atoms. The van der Waals surface area contributed by atoms with Gasteiger partial charge < -0.3 is 15.2 Å². The average molecular weight is 467 g/mol. The minimum atomic E-state index is -0.794. The summed E-state index contributed by atoms with van der Waals surface area (Å²) in [5, 5.41) is 12.7. The number of amides is 1. The minimum absolute atomic E-state index is 0.0158. The number of unbranched alkanes of at least 4 members (excludes halogenated alkanes) is 2. The van der Waals surface area contributed by atoms with Gasteiger partial charge in [-0.1, -0.05) is 81.6 Å². The maximum absolute atomic E-state index is 12.6. The van der Waals surface area contributed by atoms with Crippen LogP contribution < -0.4 is 5.32 Å².